The van der Waals surface area contributed by atoms with Crippen molar-refractivity contribution in [2.24, 2.45) is 5.41 Å². The first kappa shape index (κ1) is 23.8. The molecule has 0 N–H and O–H groups in total. The molecule has 0 fully saturated rings. The monoisotopic (exact) mass is 372 g/mol. The molecule has 0 saturated heterocycles. The van der Waals surface area contributed by atoms with Crippen LogP contribution in [0.25, 0.3) is 0 Å². The minimum Gasteiger partial charge on any atom is -0.546 e. The predicted octanol–water partition coefficient (Wildman–Crippen LogP) is 8.42. The van der Waals surface area contributed by atoms with Gasteiger partial charge in [-0.3, -0.25) is 0 Å². The van der Waals surface area contributed by atoms with Crippen molar-refractivity contribution in [1.29, 1.82) is 0 Å². The molecule has 0 saturated carbocycles. The molecular formula is C21H41ClOSi. The van der Waals surface area contributed by atoms with Crippen LogP contribution in [0.4, 0.5) is 0 Å². The molecule has 0 aromatic heterocycles. The molecule has 0 aliphatic heterocycles. The van der Waals surface area contributed by atoms with E-state index >= 15 is 0 Å². The Hall–Kier alpha value is -0.213. The van der Waals surface area contributed by atoms with Crippen molar-refractivity contribution >= 4 is 19.9 Å². The topological polar surface area (TPSA) is 9.23 Å². The third-order valence-electron chi connectivity index (χ3n) is 4.98. The molecule has 0 rings (SSSR count). The van der Waals surface area contributed by atoms with Gasteiger partial charge < -0.3 is 4.43 Å². The van der Waals surface area contributed by atoms with Gasteiger partial charge in [0.1, 0.15) is 0 Å². The van der Waals surface area contributed by atoms with Crippen LogP contribution in [0.5, 0.6) is 0 Å². The van der Waals surface area contributed by atoms with Crippen LogP contribution in [0.2, 0.25) is 16.6 Å². The Labute approximate surface area is 158 Å². The fraction of sp³-hybridized carbons (Fsp3) is 0.810. The second-order valence-corrected chi connectivity index (χ2v) is 14.5. The zero-order valence-electron chi connectivity index (χ0n) is 17.6. The lowest BCUT2D eigenvalue weighted by Crippen LogP contribution is -2.48. The summed E-state index contributed by atoms with van der Waals surface area (Å²) < 4.78 is 6.98. The Morgan fingerprint density at radius 3 is 1.75 bits per heavy atom. The van der Waals surface area contributed by atoms with E-state index in [0.29, 0.717) is 16.6 Å². The van der Waals surface area contributed by atoms with Gasteiger partial charge in [0, 0.05) is 11.0 Å². The molecule has 0 aliphatic rings. The van der Waals surface area contributed by atoms with Gasteiger partial charge in [-0.15, -0.1) is 0 Å². The maximum Gasteiger partial charge on any atom is 0.258 e. The van der Waals surface area contributed by atoms with Crippen molar-refractivity contribution in [3.05, 3.63) is 23.4 Å². The Balaban J connectivity index is 5.31. The van der Waals surface area contributed by atoms with Gasteiger partial charge in [-0.25, -0.2) is 0 Å². The summed E-state index contributed by atoms with van der Waals surface area (Å²) in [5.41, 5.74) is 3.51. The molecule has 0 aromatic rings. The lowest BCUT2D eigenvalue weighted by molar-refractivity contribution is 0.264. The molecule has 0 aliphatic carbocycles. The van der Waals surface area contributed by atoms with Crippen LogP contribution < -0.4 is 0 Å². The molecule has 0 unspecified atom stereocenters. The van der Waals surface area contributed by atoms with Crippen LogP contribution in [0, 0.1) is 5.41 Å². The lowest BCUT2D eigenvalue weighted by Gasteiger charge is -2.45. The van der Waals surface area contributed by atoms with Gasteiger partial charge >= 0.3 is 0 Å². The van der Waals surface area contributed by atoms with E-state index in [1.165, 1.54) is 18.6 Å². The minimum absolute atomic E-state index is 0.0625. The van der Waals surface area contributed by atoms with Crippen molar-refractivity contribution in [3.63, 3.8) is 0 Å². The Morgan fingerprint density at radius 1 is 0.917 bits per heavy atom. The van der Waals surface area contributed by atoms with E-state index in [9.17, 15) is 0 Å². The van der Waals surface area contributed by atoms with E-state index in [2.05, 4.69) is 68.4 Å². The van der Waals surface area contributed by atoms with E-state index in [-0.39, 0.29) is 5.41 Å². The maximum atomic E-state index is 6.98. The van der Waals surface area contributed by atoms with E-state index in [0.717, 1.165) is 12.8 Å². The lowest BCUT2D eigenvalue weighted by atomic mass is 9.93. The van der Waals surface area contributed by atoms with E-state index in [4.69, 9.17) is 16.0 Å². The molecule has 0 bridgehead atoms. The molecule has 142 valence electrons. The van der Waals surface area contributed by atoms with Crippen LogP contribution >= 0.6 is 11.6 Å². The number of rotatable bonds is 10. The fourth-order valence-electron chi connectivity index (χ4n) is 3.75. The van der Waals surface area contributed by atoms with Crippen LogP contribution in [-0.4, -0.2) is 8.32 Å². The summed E-state index contributed by atoms with van der Waals surface area (Å²) >= 11 is 5.58. The first-order valence-electron chi connectivity index (χ1n) is 9.65. The average molecular weight is 373 g/mol. The minimum atomic E-state index is -1.88. The molecular weight excluding hydrogens is 332 g/mol. The molecule has 0 atom stereocenters. The van der Waals surface area contributed by atoms with Gasteiger partial charge in [0.2, 0.25) is 0 Å². The van der Waals surface area contributed by atoms with Gasteiger partial charge in [-0.2, -0.15) is 0 Å². The molecule has 1 nitrogen and oxygen atoms in total. The molecule has 3 heteroatoms. The Morgan fingerprint density at radius 2 is 1.38 bits per heavy atom. The van der Waals surface area contributed by atoms with Crippen LogP contribution in [0.1, 0.15) is 88.0 Å². The summed E-state index contributed by atoms with van der Waals surface area (Å²) in [4.78, 5) is 0. The molecule has 0 radical (unpaired) electrons. The number of halogens is 1. The van der Waals surface area contributed by atoms with E-state index in [1.807, 2.05) is 6.08 Å². The summed E-state index contributed by atoms with van der Waals surface area (Å²) in [6, 6.07) is 0. The molecule has 0 spiro atoms. The second kappa shape index (κ2) is 10.7. The number of hydrogen-bond donors (Lipinski definition) is 0. The highest BCUT2D eigenvalue weighted by molar-refractivity contribution is 6.77. The van der Waals surface area contributed by atoms with Crippen molar-refractivity contribution in [1.82, 2.24) is 0 Å². The van der Waals surface area contributed by atoms with Gasteiger partial charge in [-0.1, -0.05) is 80.0 Å². The average Bonchev–Trinajstić information content (AvgIpc) is 2.43. The van der Waals surface area contributed by atoms with Crippen molar-refractivity contribution in [2.45, 2.75) is 105 Å². The Kier molecular flexibility index (Phi) is 10.6. The van der Waals surface area contributed by atoms with Crippen molar-refractivity contribution in [2.75, 3.05) is 0 Å². The predicted molar refractivity (Wildman–Crippen MR) is 113 cm³/mol. The second-order valence-electron chi connectivity index (χ2n) is 8.88. The number of unbranched alkanes of at least 4 members (excludes halogenated alkanes) is 3. The summed E-state index contributed by atoms with van der Waals surface area (Å²) in [7, 11) is -1.88. The van der Waals surface area contributed by atoms with Gasteiger partial charge in [0.15, 0.2) is 0 Å². The quantitative estimate of drug-likeness (QED) is 0.212. The van der Waals surface area contributed by atoms with Crippen LogP contribution in [0.3, 0.4) is 0 Å². The Bertz CT molecular complexity index is 381. The highest BCUT2D eigenvalue weighted by Gasteiger charge is 2.48. The van der Waals surface area contributed by atoms with E-state index in [1.54, 1.807) is 5.54 Å². The van der Waals surface area contributed by atoms with Gasteiger partial charge in [-0.05, 0) is 48.4 Å². The van der Waals surface area contributed by atoms with Crippen molar-refractivity contribution < 1.29 is 4.43 Å². The highest BCUT2D eigenvalue weighted by Crippen LogP contribution is 2.46. The third kappa shape index (κ3) is 6.96. The first-order chi connectivity index (χ1) is 11.0. The highest BCUT2D eigenvalue weighted by atomic mass is 35.5. The van der Waals surface area contributed by atoms with Crippen LogP contribution in [-0.2, 0) is 4.43 Å². The van der Waals surface area contributed by atoms with Crippen LogP contribution in [0.15, 0.2) is 23.4 Å². The zero-order chi connectivity index (χ0) is 19.0. The summed E-state index contributed by atoms with van der Waals surface area (Å²) in [6.07, 6.45) is 8.90. The summed E-state index contributed by atoms with van der Waals surface area (Å²) in [5, 5.41) is 0. The fourth-order valence-corrected chi connectivity index (χ4v) is 9.35. The molecule has 0 amide bonds. The van der Waals surface area contributed by atoms with E-state index < -0.39 is 8.32 Å². The molecule has 24 heavy (non-hydrogen) atoms. The SMILES string of the molecule is CC(C)[Si](O/C(=C\CCCC/C=C/Cl)C(C)(C)C)(C(C)C)C(C)C. The smallest absolute Gasteiger partial charge is 0.258 e. The van der Waals surface area contributed by atoms with Crippen molar-refractivity contribution in [3.8, 4) is 0 Å². The number of hydrogen-bond acceptors (Lipinski definition) is 1. The number of allylic oxidation sites excluding steroid dienone is 3. The first-order valence-corrected chi connectivity index (χ1v) is 12.2. The van der Waals surface area contributed by atoms with Gasteiger partial charge in [0.05, 0.1) is 5.76 Å². The largest absolute Gasteiger partial charge is 0.546 e. The molecule has 0 heterocycles. The standard InChI is InChI=1S/C21H41ClOSi/c1-17(2)24(18(3)4,19(5)6)23-20(21(7,8)9)15-13-11-10-12-14-16-22/h14-19H,10-13H2,1-9H3/b16-14+,20-15-. The molecule has 0 aromatic carbocycles. The summed E-state index contributed by atoms with van der Waals surface area (Å²) in [6.45, 7) is 20.9. The normalized spacial score (nSPS) is 14.5. The third-order valence-corrected chi connectivity index (χ3v) is 11.1. The summed E-state index contributed by atoms with van der Waals surface area (Å²) in [5.74, 6) is 1.21. The maximum absolute atomic E-state index is 6.98. The van der Waals surface area contributed by atoms with Gasteiger partial charge in [0.25, 0.3) is 8.32 Å². The zero-order valence-corrected chi connectivity index (χ0v) is 19.3.